The summed E-state index contributed by atoms with van der Waals surface area (Å²) in [6.45, 7) is 3.74. The summed E-state index contributed by atoms with van der Waals surface area (Å²) in [7, 11) is 1.40. The molecule has 5 nitrogen and oxygen atoms in total. The third-order valence-electron chi connectivity index (χ3n) is 3.79. The summed E-state index contributed by atoms with van der Waals surface area (Å²) in [6.07, 6.45) is 1.70. The van der Waals surface area contributed by atoms with Crippen molar-refractivity contribution in [2.45, 2.75) is 19.8 Å². The number of nitrogens with one attached hydrogen (secondary N) is 1. The van der Waals surface area contributed by atoms with E-state index in [1.165, 1.54) is 12.7 Å². The first-order valence-electron chi connectivity index (χ1n) is 7.31. The molecule has 5 heteroatoms. The first-order chi connectivity index (χ1) is 10.1. The second-order valence-corrected chi connectivity index (χ2v) is 5.35. The average Bonchev–Trinajstić information content (AvgIpc) is 2.94. The number of ether oxygens (including phenoxy) is 1. The molecule has 1 heterocycles. The zero-order valence-corrected chi connectivity index (χ0v) is 12.6. The lowest BCUT2D eigenvalue weighted by atomic mass is 10.1. The second kappa shape index (κ2) is 7.22. The molecule has 114 valence electrons. The molecule has 1 atom stereocenters. The van der Waals surface area contributed by atoms with Crippen LogP contribution in [0.4, 0.5) is 5.69 Å². The summed E-state index contributed by atoms with van der Waals surface area (Å²) in [5.41, 5.74) is 2.02. The average molecular weight is 290 g/mol. The molecule has 1 aliphatic rings. The zero-order chi connectivity index (χ0) is 15.2. The van der Waals surface area contributed by atoms with Crippen LogP contribution in [0, 0.1) is 5.92 Å². The molecule has 0 saturated carbocycles. The maximum absolute atomic E-state index is 12.0. The molecule has 1 fully saturated rings. The maximum Gasteiger partial charge on any atom is 0.310 e. The molecule has 1 unspecified atom stereocenters. The Labute approximate surface area is 125 Å². The molecule has 1 saturated heterocycles. The SMILES string of the molecule is CCc1cccc(NC(=O)CN2CCC(C(=O)OC)C2)c1. The first-order valence-corrected chi connectivity index (χ1v) is 7.31. The van der Waals surface area contributed by atoms with Gasteiger partial charge in [-0.05, 0) is 37.1 Å². The molecular formula is C16H22N2O3. The number of carbonyl (C=O) groups is 2. The van der Waals surface area contributed by atoms with Crippen LogP contribution < -0.4 is 5.32 Å². The second-order valence-electron chi connectivity index (χ2n) is 5.35. The fourth-order valence-corrected chi connectivity index (χ4v) is 2.61. The largest absolute Gasteiger partial charge is 0.469 e. The van der Waals surface area contributed by atoms with Gasteiger partial charge < -0.3 is 10.1 Å². The zero-order valence-electron chi connectivity index (χ0n) is 12.6. The number of nitrogens with zero attached hydrogens (tertiary/aromatic N) is 1. The van der Waals surface area contributed by atoms with Crippen LogP contribution in [0.15, 0.2) is 24.3 Å². The van der Waals surface area contributed by atoms with Crippen molar-refractivity contribution in [1.29, 1.82) is 0 Å². The highest BCUT2D eigenvalue weighted by Gasteiger charge is 2.29. The van der Waals surface area contributed by atoms with E-state index in [0.29, 0.717) is 13.1 Å². The third-order valence-corrected chi connectivity index (χ3v) is 3.79. The highest BCUT2D eigenvalue weighted by molar-refractivity contribution is 5.92. The minimum absolute atomic E-state index is 0.0474. The van der Waals surface area contributed by atoms with Gasteiger partial charge in [-0.2, -0.15) is 0 Å². The van der Waals surface area contributed by atoms with Crippen LogP contribution in [0.3, 0.4) is 0 Å². The summed E-state index contributed by atoms with van der Waals surface area (Å²) in [5.74, 6) is -0.339. The van der Waals surface area contributed by atoms with E-state index < -0.39 is 0 Å². The van der Waals surface area contributed by atoms with Gasteiger partial charge in [0.25, 0.3) is 0 Å². The normalized spacial score (nSPS) is 18.5. The van der Waals surface area contributed by atoms with E-state index in [4.69, 9.17) is 4.74 Å². The van der Waals surface area contributed by atoms with Gasteiger partial charge in [0.15, 0.2) is 0 Å². The highest BCUT2D eigenvalue weighted by Crippen LogP contribution is 2.17. The van der Waals surface area contributed by atoms with Crippen LogP contribution in [0.25, 0.3) is 0 Å². The standard InChI is InChI=1S/C16H22N2O3/c1-3-12-5-4-6-14(9-12)17-15(19)11-18-8-7-13(10-18)16(20)21-2/h4-6,9,13H,3,7-8,10-11H2,1-2H3,(H,17,19). The molecule has 1 aromatic carbocycles. The predicted octanol–water partition coefficient (Wildman–Crippen LogP) is 1.68. The number of carbonyl (C=O) groups excluding carboxylic acids is 2. The maximum atomic E-state index is 12.0. The number of hydrogen-bond acceptors (Lipinski definition) is 4. The number of aryl methyl sites for hydroxylation is 1. The quantitative estimate of drug-likeness (QED) is 0.838. The van der Waals surface area contributed by atoms with Gasteiger partial charge in [-0.25, -0.2) is 0 Å². The monoisotopic (exact) mass is 290 g/mol. The predicted molar refractivity (Wildman–Crippen MR) is 81.0 cm³/mol. The van der Waals surface area contributed by atoms with Crippen molar-refractivity contribution in [2.24, 2.45) is 5.92 Å². The van der Waals surface area contributed by atoms with E-state index in [-0.39, 0.29) is 17.8 Å². The van der Waals surface area contributed by atoms with E-state index in [0.717, 1.165) is 25.1 Å². The van der Waals surface area contributed by atoms with Crippen molar-refractivity contribution < 1.29 is 14.3 Å². The topological polar surface area (TPSA) is 58.6 Å². The lowest BCUT2D eigenvalue weighted by Crippen LogP contribution is -2.32. The fraction of sp³-hybridized carbons (Fsp3) is 0.500. The number of hydrogen-bond donors (Lipinski definition) is 1. The third kappa shape index (κ3) is 4.29. The van der Waals surface area contributed by atoms with Crippen LogP contribution in [-0.2, 0) is 20.7 Å². The molecule has 1 aromatic rings. The van der Waals surface area contributed by atoms with Crippen molar-refractivity contribution in [3.63, 3.8) is 0 Å². The van der Waals surface area contributed by atoms with Crippen LogP contribution in [0.1, 0.15) is 18.9 Å². The Kier molecular flexibility index (Phi) is 5.33. The van der Waals surface area contributed by atoms with E-state index >= 15 is 0 Å². The van der Waals surface area contributed by atoms with E-state index in [2.05, 4.69) is 12.2 Å². The number of anilines is 1. The number of benzene rings is 1. The molecule has 2 rings (SSSR count). The number of methoxy groups -OCH3 is 1. The van der Waals surface area contributed by atoms with Gasteiger partial charge in [0.2, 0.25) is 5.91 Å². The van der Waals surface area contributed by atoms with Gasteiger partial charge in [-0.15, -0.1) is 0 Å². The summed E-state index contributed by atoms with van der Waals surface area (Å²) in [4.78, 5) is 25.5. The number of likely N-dealkylation sites (tertiary alicyclic amines) is 1. The van der Waals surface area contributed by atoms with Gasteiger partial charge in [0, 0.05) is 12.2 Å². The first kappa shape index (κ1) is 15.5. The lowest BCUT2D eigenvalue weighted by molar-refractivity contribution is -0.145. The smallest absolute Gasteiger partial charge is 0.310 e. The van der Waals surface area contributed by atoms with Crippen molar-refractivity contribution in [2.75, 3.05) is 32.1 Å². The molecule has 1 N–H and O–H groups in total. The van der Waals surface area contributed by atoms with Gasteiger partial charge in [-0.1, -0.05) is 19.1 Å². The number of rotatable bonds is 5. The molecule has 1 amide bonds. The number of amides is 1. The van der Waals surface area contributed by atoms with Gasteiger partial charge in [0.05, 0.1) is 19.6 Å². The van der Waals surface area contributed by atoms with Crippen molar-refractivity contribution >= 4 is 17.6 Å². The lowest BCUT2D eigenvalue weighted by Gasteiger charge is -2.15. The van der Waals surface area contributed by atoms with Gasteiger partial charge in [-0.3, -0.25) is 14.5 Å². The van der Waals surface area contributed by atoms with Gasteiger partial charge >= 0.3 is 5.97 Å². The molecule has 0 radical (unpaired) electrons. The Bertz CT molecular complexity index is 516. The number of esters is 1. The molecule has 0 aromatic heterocycles. The van der Waals surface area contributed by atoms with E-state index in [1.807, 2.05) is 29.2 Å². The van der Waals surface area contributed by atoms with Crippen molar-refractivity contribution in [3.8, 4) is 0 Å². The molecule has 0 spiro atoms. The van der Waals surface area contributed by atoms with Crippen molar-refractivity contribution in [1.82, 2.24) is 4.90 Å². The summed E-state index contributed by atoms with van der Waals surface area (Å²) in [6, 6.07) is 7.85. The van der Waals surface area contributed by atoms with E-state index in [9.17, 15) is 9.59 Å². The highest BCUT2D eigenvalue weighted by atomic mass is 16.5. The van der Waals surface area contributed by atoms with Crippen LogP contribution in [0.2, 0.25) is 0 Å². The molecule has 21 heavy (non-hydrogen) atoms. The Hall–Kier alpha value is -1.88. The van der Waals surface area contributed by atoms with Crippen molar-refractivity contribution in [3.05, 3.63) is 29.8 Å². The Morgan fingerprint density at radius 2 is 2.24 bits per heavy atom. The Morgan fingerprint density at radius 3 is 2.95 bits per heavy atom. The fourth-order valence-electron chi connectivity index (χ4n) is 2.61. The molecular weight excluding hydrogens is 268 g/mol. The molecule has 1 aliphatic heterocycles. The van der Waals surface area contributed by atoms with E-state index in [1.54, 1.807) is 0 Å². The molecule has 0 aliphatic carbocycles. The molecule has 0 bridgehead atoms. The van der Waals surface area contributed by atoms with Crippen LogP contribution in [0.5, 0.6) is 0 Å². The van der Waals surface area contributed by atoms with Crippen LogP contribution >= 0.6 is 0 Å². The summed E-state index contributed by atoms with van der Waals surface area (Å²) < 4.78 is 4.74. The Balaban J connectivity index is 1.83. The summed E-state index contributed by atoms with van der Waals surface area (Å²) >= 11 is 0. The van der Waals surface area contributed by atoms with Crippen LogP contribution in [-0.4, -0.2) is 43.5 Å². The van der Waals surface area contributed by atoms with Gasteiger partial charge in [0.1, 0.15) is 0 Å². The minimum atomic E-state index is -0.187. The minimum Gasteiger partial charge on any atom is -0.469 e. The Morgan fingerprint density at radius 1 is 1.43 bits per heavy atom. The summed E-state index contributed by atoms with van der Waals surface area (Å²) in [5, 5.41) is 2.90.